The molecular weight excluding hydrogens is 446 g/mol. The Balaban J connectivity index is 1.31. The first-order valence-corrected chi connectivity index (χ1v) is 11.5. The second kappa shape index (κ2) is 10.8. The Bertz CT molecular complexity index is 1180. The number of aromatic nitrogens is 1. The van der Waals surface area contributed by atoms with Gasteiger partial charge in [0.25, 0.3) is 5.91 Å². The normalized spacial score (nSPS) is 12.8. The average molecular weight is 474 g/mol. The lowest BCUT2D eigenvalue weighted by Crippen LogP contribution is -2.30. The number of hydrogen-bond acceptors (Lipinski definition) is 5. The van der Waals surface area contributed by atoms with Gasteiger partial charge in [-0.05, 0) is 40.3 Å². The number of nitrogens with zero attached hydrogens (tertiary/aromatic N) is 1. The molecular formula is C27H27N3O5. The van der Waals surface area contributed by atoms with Gasteiger partial charge in [0.15, 0.2) is 0 Å². The van der Waals surface area contributed by atoms with Crippen LogP contribution in [0, 0.1) is 5.92 Å². The number of nitrogens with one attached hydrogen (secondary N) is 2. The molecule has 1 heterocycles. The number of carboxylic acid groups (broad SMARTS) is 1. The molecule has 1 unspecified atom stereocenters. The van der Waals surface area contributed by atoms with Crippen molar-refractivity contribution in [2.24, 2.45) is 5.92 Å². The lowest BCUT2D eigenvalue weighted by Gasteiger charge is -2.15. The summed E-state index contributed by atoms with van der Waals surface area (Å²) in [5.41, 5.74) is 5.15. The second-order valence-electron chi connectivity index (χ2n) is 8.46. The van der Waals surface area contributed by atoms with Crippen LogP contribution in [0.25, 0.3) is 11.1 Å². The Morgan fingerprint density at radius 2 is 1.66 bits per heavy atom. The Morgan fingerprint density at radius 3 is 2.23 bits per heavy atom. The lowest BCUT2D eigenvalue weighted by molar-refractivity contribution is -0.138. The monoisotopic (exact) mass is 473 g/mol. The number of rotatable bonds is 9. The molecule has 8 nitrogen and oxygen atoms in total. The molecule has 180 valence electrons. The standard InChI is InChI=1S/C27H27N3O5/c1-2-17(13-25(31)32)14-29-26(33)24-12-11-18(15-28-24)30-27(34)35-16-23-21-9-5-3-7-19(21)20-8-4-6-10-22(20)23/h3-12,15,17,23H,2,13-14,16H2,1H3,(H,29,33)(H,30,34)(H,31,32). The summed E-state index contributed by atoms with van der Waals surface area (Å²) in [4.78, 5) is 39.7. The molecule has 0 spiro atoms. The quantitative estimate of drug-likeness (QED) is 0.416. The number of aliphatic carboxylic acids is 1. The topological polar surface area (TPSA) is 118 Å². The number of benzene rings is 2. The summed E-state index contributed by atoms with van der Waals surface area (Å²) < 4.78 is 5.53. The first kappa shape index (κ1) is 23.9. The van der Waals surface area contributed by atoms with Crippen molar-refractivity contribution in [1.29, 1.82) is 0 Å². The van der Waals surface area contributed by atoms with E-state index in [0.29, 0.717) is 12.1 Å². The third-order valence-electron chi connectivity index (χ3n) is 6.18. The molecule has 1 atom stereocenters. The van der Waals surface area contributed by atoms with Crippen LogP contribution in [-0.4, -0.2) is 41.2 Å². The second-order valence-corrected chi connectivity index (χ2v) is 8.46. The van der Waals surface area contributed by atoms with E-state index in [9.17, 15) is 14.4 Å². The summed E-state index contributed by atoms with van der Waals surface area (Å²) >= 11 is 0. The van der Waals surface area contributed by atoms with E-state index in [0.717, 1.165) is 22.3 Å². The smallest absolute Gasteiger partial charge is 0.411 e. The van der Waals surface area contributed by atoms with E-state index < -0.39 is 18.0 Å². The molecule has 35 heavy (non-hydrogen) atoms. The minimum absolute atomic E-state index is 0.00674. The first-order chi connectivity index (χ1) is 17.0. The molecule has 1 aliphatic carbocycles. The third-order valence-corrected chi connectivity index (χ3v) is 6.18. The van der Waals surface area contributed by atoms with Gasteiger partial charge in [-0.1, -0.05) is 61.9 Å². The molecule has 1 aliphatic rings. The molecule has 4 rings (SSSR count). The molecule has 0 radical (unpaired) electrons. The van der Waals surface area contributed by atoms with Gasteiger partial charge in [0, 0.05) is 18.9 Å². The summed E-state index contributed by atoms with van der Waals surface area (Å²) in [6.45, 7) is 2.33. The highest BCUT2D eigenvalue weighted by Gasteiger charge is 2.29. The zero-order valence-corrected chi connectivity index (χ0v) is 19.4. The van der Waals surface area contributed by atoms with Gasteiger partial charge in [-0.3, -0.25) is 14.9 Å². The van der Waals surface area contributed by atoms with Crippen LogP contribution in [0.4, 0.5) is 10.5 Å². The highest BCUT2D eigenvalue weighted by atomic mass is 16.5. The number of carboxylic acids is 1. The van der Waals surface area contributed by atoms with Gasteiger partial charge in [0.2, 0.25) is 0 Å². The molecule has 3 aromatic rings. The van der Waals surface area contributed by atoms with Gasteiger partial charge >= 0.3 is 12.1 Å². The fourth-order valence-electron chi connectivity index (χ4n) is 4.29. The van der Waals surface area contributed by atoms with E-state index in [-0.39, 0.29) is 37.1 Å². The van der Waals surface area contributed by atoms with E-state index in [4.69, 9.17) is 9.84 Å². The predicted octanol–water partition coefficient (Wildman–Crippen LogP) is 4.67. The Morgan fingerprint density at radius 1 is 1.00 bits per heavy atom. The predicted molar refractivity (Wildman–Crippen MR) is 131 cm³/mol. The van der Waals surface area contributed by atoms with Gasteiger partial charge in [-0.25, -0.2) is 9.78 Å². The Hall–Kier alpha value is -4.20. The van der Waals surface area contributed by atoms with Crippen LogP contribution in [0.15, 0.2) is 66.9 Å². The minimum atomic E-state index is -0.895. The van der Waals surface area contributed by atoms with Crippen molar-refractivity contribution in [2.45, 2.75) is 25.7 Å². The maximum Gasteiger partial charge on any atom is 0.411 e. The Labute approximate surface area is 203 Å². The lowest BCUT2D eigenvalue weighted by atomic mass is 9.98. The van der Waals surface area contributed by atoms with Gasteiger partial charge in [0.05, 0.1) is 11.9 Å². The highest BCUT2D eigenvalue weighted by Crippen LogP contribution is 2.44. The van der Waals surface area contributed by atoms with Crippen LogP contribution in [0.3, 0.4) is 0 Å². The highest BCUT2D eigenvalue weighted by molar-refractivity contribution is 5.93. The van der Waals surface area contributed by atoms with Gasteiger partial charge in [-0.2, -0.15) is 0 Å². The van der Waals surface area contributed by atoms with E-state index in [2.05, 4.69) is 39.9 Å². The summed E-state index contributed by atoms with van der Waals surface area (Å²) in [5.74, 6) is -1.48. The van der Waals surface area contributed by atoms with Gasteiger partial charge < -0.3 is 15.2 Å². The first-order valence-electron chi connectivity index (χ1n) is 11.5. The van der Waals surface area contributed by atoms with Crippen molar-refractivity contribution >= 4 is 23.7 Å². The molecule has 1 aromatic heterocycles. The van der Waals surface area contributed by atoms with E-state index >= 15 is 0 Å². The maximum atomic E-state index is 12.4. The number of carbonyl (C=O) groups is 3. The molecule has 0 saturated carbocycles. The zero-order valence-electron chi connectivity index (χ0n) is 19.4. The van der Waals surface area contributed by atoms with Crippen LogP contribution in [0.1, 0.15) is 47.3 Å². The zero-order chi connectivity index (χ0) is 24.8. The van der Waals surface area contributed by atoms with Crippen molar-refractivity contribution in [1.82, 2.24) is 10.3 Å². The summed E-state index contributed by atoms with van der Waals surface area (Å²) in [7, 11) is 0. The molecule has 2 aromatic carbocycles. The summed E-state index contributed by atoms with van der Waals surface area (Å²) in [5, 5.41) is 14.3. The Kier molecular flexibility index (Phi) is 7.40. The van der Waals surface area contributed by atoms with Crippen molar-refractivity contribution < 1.29 is 24.2 Å². The number of fused-ring (bicyclic) bond motifs is 3. The van der Waals surface area contributed by atoms with Gasteiger partial charge in [0.1, 0.15) is 12.3 Å². The number of amides is 2. The number of pyridine rings is 1. The van der Waals surface area contributed by atoms with E-state index in [1.54, 1.807) is 6.07 Å². The van der Waals surface area contributed by atoms with Crippen LogP contribution in [0.2, 0.25) is 0 Å². The number of hydrogen-bond donors (Lipinski definition) is 3. The largest absolute Gasteiger partial charge is 0.481 e. The molecule has 0 bridgehead atoms. The van der Waals surface area contributed by atoms with Crippen LogP contribution < -0.4 is 10.6 Å². The molecule has 0 aliphatic heterocycles. The minimum Gasteiger partial charge on any atom is -0.481 e. The van der Waals surface area contributed by atoms with Crippen LogP contribution >= 0.6 is 0 Å². The van der Waals surface area contributed by atoms with Crippen molar-refractivity contribution in [3.8, 4) is 11.1 Å². The van der Waals surface area contributed by atoms with Crippen LogP contribution in [0.5, 0.6) is 0 Å². The van der Waals surface area contributed by atoms with Gasteiger partial charge in [-0.15, -0.1) is 0 Å². The molecule has 0 saturated heterocycles. The number of anilines is 1. The fraction of sp³-hybridized carbons (Fsp3) is 0.259. The van der Waals surface area contributed by atoms with E-state index in [1.165, 1.54) is 12.3 Å². The molecule has 8 heteroatoms. The van der Waals surface area contributed by atoms with Crippen LogP contribution in [-0.2, 0) is 9.53 Å². The molecule has 2 amide bonds. The summed E-state index contributed by atoms with van der Waals surface area (Å²) in [6.07, 6.45) is 1.41. The maximum absolute atomic E-state index is 12.4. The van der Waals surface area contributed by atoms with Crippen molar-refractivity contribution in [3.05, 3.63) is 83.7 Å². The third kappa shape index (κ3) is 5.66. The summed E-state index contributed by atoms with van der Waals surface area (Å²) in [6, 6.07) is 19.3. The SMILES string of the molecule is CCC(CNC(=O)c1ccc(NC(=O)OCC2c3ccccc3-c3ccccc32)cn1)CC(=O)O. The average Bonchev–Trinajstić information content (AvgIpc) is 3.19. The molecule has 3 N–H and O–H groups in total. The number of ether oxygens (including phenoxy) is 1. The fourth-order valence-corrected chi connectivity index (χ4v) is 4.29. The van der Waals surface area contributed by atoms with E-state index in [1.807, 2.05) is 31.2 Å². The van der Waals surface area contributed by atoms with Crippen molar-refractivity contribution in [2.75, 3.05) is 18.5 Å². The molecule has 0 fully saturated rings. The number of carbonyl (C=O) groups excluding carboxylic acids is 2. The van der Waals surface area contributed by atoms with Crippen molar-refractivity contribution in [3.63, 3.8) is 0 Å².